The lowest BCUT2D eigenvalue weighted by atomic mass is 10.3. The Morgan fingerprint density at radius 1 is 1.40 bits per heavy atom. The van der Waals surface area contributed by atoms with E-state index in [0.717, 1.165) is 0 Å². The summed E-state index contributed by atoms with van der Waals surface area (Å²) in [6.07, 6.45) is 4.15. The largest absolute Gasteiger partial charge is 0.390 e. The molecule has 2 aromatic heterocycles. The van der Waals surface area contributed by atoms with Crippen molar-refractivity contribution in [3.63, 3.8) is 0 Å². The molecule has 0 fully saturated rings. The van der Waals surface area contributed by atoms with Gasteiger partial charge in [0.05, 0.1) is 19.0 Å². The normalized spacial score (nSPS) is 11.8. The summed E-state index contributed by atoms with van der Waals surface area (Å²) in [4.78, 5) is 3.80. The van der Waals surface area contributed by atoms with Crippen molar-refractivity contribution < 1.29 is 13.5 Å². The van der Waals surface area contributed by atoms with Gasteiger partial charge in [0, 0.05) is 17.9 Å². The molecule has 0 saturated carbocycles. The second-order valence-electron chi connectivity index (χ2n) is 4.40. The quantitative estimate of drug-likeness (QED) is 0.833. The first-order valence-electron chi connectivity index (χ1n) is 5.92. The van der Waals surface area contributed by atoms with Crippen molar-refractivity contribution >= 4 is 16.0 Å². The Morgan fingerprint density at radius 2 is 2.15 bits per heavy atom. The van der Waals surface area contributed by atoms with Crippen LogP contribution < -0.4 is 4.72 Å². The second-order valence-corrected chi connectivity index (χ2v) is 6.08. The average molecular weight is 297 g/mol. The van der Waals surface area contributed by atoms with Crippen molar-refractivity contribution in [2.45, 2.75) is 31.4 Å². The predicted octanol–water partition coefficient (Wildman–Crippen LogP) is 0.547. The first-order valence-corrected chi connectivity index (χ1v) is 7.40. The highest BCUT2D eigenvalue weighted by atomic mass is 32.2. The Kier molecular flexibility index (Phi) is 4.00. The van der Waals surface area contributed by atoms with Crippen LogP contribution in [0.2, 0.25) is 0 Å². The number of hydrogen-bond donors (Lipinski definition) is 2. The summed E-state index contributed by atoms with van der Waals surface area (Å²) in [5, 5.41) is 16.4. The molecule has 2 heterocycles. The third kappa shape index (κ3) is 2.94. The molecule has 0 atom stereocenters. The molecule has 0 aliphatic heterocycles. The van der Waals surface area contributed by atoms with Gasteiger partial charge in [0.1, 0.15) is 4.90 Å². The zero-order valence-corrected chi connectivity index (χ0v) is 11.9. The zero-order valence-electron chi connectivity index (χ0n) is 11.1. The molecule has 0 saturated heterocycles. The van der Waals surface area contributed by atoms with Crippen LogP contribution in [0.25, 0.3) is 0 Å². The van der Waals surface area contributed by atoms with Crippen molar-refractivity contribution in [1.82, 2.24) is 19.7 Å². The summed E-state index contributed by atoms with van der Waals surface area (Å²) in [7, 11) is -3.81. The predicted molar refractivity (Wildman–Crippen MR) is 71.4 cm³/mol. The van der Waals surface area contributed by atoms with Gasteiger partial charge < -0.3 is 9.67 Å². The smallest absolute Gasteiger partial charge is 0.265 e. The van der Waals surface area contributed by atoms with Gasteiger partial charge in [-0.1, -0.05) is 0 Å². The number of rotatable bonds is 5. The van der Waals surface area contributed by atoms with Crippen LogP contribution in [-0.4, -0.2) is 33.3 Å². The maximum Gasteiger partial charge on any atom is 0.265 e. The Labute approximate surface area is 116 Å². The van der Waals surface area contributed by atoms with Crippen LogP contribution in [0.1, 0.15) is 25.6 Å². The molecule has 2 aromatic rings. The van der Waals surface area contributed by atoms with Crippen molar-refractivity contribution in [1.29, 1.82) is 0 Å². The van der Waals surface area contributed by atoms with Crippen molar-refractivity contribution in [3.05, 3.63) is 30.4 Å². The fraction of sp³-hybridized carbons (Fsp3) is 0.364. The average Bonchev–Trinajstić information content (AvgIpc) is 2.84. The summed E-state index contributed by atoms with van der Waals surface area (Å²) < 4.78 is 28.3. The number of sulfonamides is 1. The molecule has 2 rings (SSSR count). The third-order valence-electron chi connectivity index (χ3n) is 2.64. The zero-order chi connectivity index (χ0) is 14.8. The highest BCUT2D eigenvalue weighted by Crippen LogP contribution is 2.20. The maximum absolute atomic E-state index is 12.2. The fourth-order valence-corrected chi connectivity index (χ4v) is 2.72. The van der Waals surface area contributed by atoms with Crippen LogP contribution in [0.4, 0.5) is 5.95 Å². The lowest BCUT2D eigenvalue weighted by Gasteiger charge is -2.10. The number of aromatic nitrogens is 4. The van der Waals surface area contributed by atoms with Crippen molar-refractivity contribution in [2.24, 2.45) is 0 Å². The molecular weight excluding hydrogens is 282 g/mol. The van der Waals surface area contributed by atoms with Gasteiger partial charge in [0.15, 0.2) is 0 Å². The monoisotopic (exact) mass is 297 g/mol. The molecular formula is C11H15N5O3S. The highest BCUT2D eigenvalue weighted by molar-refractivity contribution is 7.92. The number of aliphatic hydroxyl groups is 1. The molecule has 108 valence electrons. The Bertz CT molecular complexity index is 681. The molecule has 2 N–H and O–H groups in total. The van der Waals surface area contributed by atoms with Gasteiger partial charge in [-0.2, -0.15) is 5.10 Å². The molecule has 0 radical (unpaired) electrons. The topological polar surface area (TPSA) is 110 Å². The Morgan fingerprint density at radius 3 is 2.65 bits per heavy atom. The number of hydrogen-bond acceptors (Lipinski definition) is 6. The molecule has 0 bridgehead atoms. The van der Waals surface area contributed by atoms with Gasteiger partial charge in [0.2, 0.25) is 0 Å². The molecule has 0 spiro atoms. The SMILES string of the molecule is CC(C)n1cc(S(=O)(=O)Nc2nccnn2)cc1CO. The maximum atomic E-state index is 12.2. The number of nitrogens with zero attached hydrogens (tertiary/aromatic N) is 4. The van der Waals surface area contributed by atoms with E-state index in [4.69, 9.17) is 0 Å². The lowest BCUT2D eigenvalue weighted by Crippen LogP contribution is -2.14. The lowest BCUT2D eigenvalue weighted by molar-refractivity contribution is 0.268. The van der Waals surface area contributed by atoms with E-state index in [1.54, 1.807) is 4.57 Å². The van der Waals surface area contributed by atoms with E-state index < -0.39 is 10.0 Å². The van der Waals surface area contributed by atoms with Gasteiger partial charge >= 0.3 is 0 Å². The van der Waals surface area contributed by atoms with Crippen LogP contribution in [-0.2, 0) is 16.6 Å². The molecule has 0 aromatic carbocycles. The molecule has 8 nitrogen and oxygen atoms in total. The summed E-state index contributed by atoms with van der Waals surface area (Å²) in [6.45, 7) is 3.55. The van der Waals surface area contributed by atoms with Gasteiger partial charge in [0.25, 0.3) is 16.0 Å². The minimum absolute atomic E-state index is 0.0377. The van der Waals surface area contributed by atoms with Crippen LogP contribution >= 0.6 is 0 Å². The van der Waals surface area contributed by atoms with Crippen molar-refractivity contribution in [2.75, 3.05) is 4.72 Å². The van der Waals surface area contributed by atoms with Gasteiger partial charge in [-0.05, 0) is 19.9 Å². The van der Waals surface area contributed by atoms with E-state index in [9.17, 15) is 13.5 Å². The van der Waals surface area contributed by atoms with Crippen LogP contribution in [0, 0.1) is 0 Å². The first-order chi connectivity index (χ1) is 9.44. The van der Waals surface area contributed by atoms with Gasteiger partial charge in [-0.25, -0.2) is 18.1 Å². The molecule has 0 aliphatic carbocycles. The van der Waals surface area contributed by atoms with E-state index in [2.05, 4.69) is 19.9 Å². The molecule has 0 amide bonds. The van der Waals surface area contributed by atoms with E-state index in [1.165, 1.54) is 24.7 Å². The summed E-state index contributed by atoms with van der Waals surface area (Å²) in [5.41, 5.74) is 0.521. The fourth-order valence-electron chi connectivity index (χ4n) is 1.72. The van der Waals surface area contributed by atoms with E-state index in [-0.39, 0.29) is 23.5 Å². The second kappa shape index (κ2) is 5.55. The third-order valence-corrected chi connectivity index (χ3v) is 3.94. The van der Waals surface area contributed by atoms with Crippen molar-refractivity contribution in [3.8, 4) is 0 Å². The Hall–Kier alpha value is -2.00. The van der Waals surface area contributed by atoms with Gasteiger partial charge in [-0.15, -0.1) is 5.10 Å². The Balaban J connectivity index is 2.35. The molecule has 9 heteroatoms. The van der Waals surface area contributed by atoms with E-state index in [0.29, 0.717) is 5.69 Å². The van der Waals surface area contributed by atoms with E-state index >= 15 is 0 Å². The van der Waals surface area contributed by atoms with E-state index in [1.807, 2.05) is 13.8 Å². The molecule has 20 heavy (non-hydrogen) atoms. The van der Waals surface area contributed by atoms with Gasteiger partial charge in [-0.3, -0.25) is 0 Å². The number of anilines is 1. The van der Waals surface area contributed by atoms with Crippen LogP contribution in [0.3, 0.4) is 0 Å². The summed E-state index contributed by atoms with van der Waals surface area (Å²) >= 11 is 0. The number of aliphatic hydroxyl groups excluding tert-OH is 1. The molecule has 0 unspecified atom stereocenters. The minimum atomic E-state index is -3.81. The minimum Gasteiger partial charge on any atom is -0.390 e. The summed E-state index contributed by atoms with van der Waals surface area (Å²) in [6, 6.07) is 1.45. The highest BCUT2D eigenvalue weighted by Gasteiger charge is 2.20. The standard InChI is InChI=1S/C11H15N5O3S/c1-8(2)16-6-10(5-9(16)7-17)20(18,19)15-11-12-3-4-13-14-11/h3-6,8,17H,7H2,1-2H3,(H,12,14,15). The number of nitrogens with one attached hydrogen (secondary N) is 1. The molecule has 0 aliphatic rings. The first kappa shape index (κ1) is 14.4. The summed E-state index contributed by atoms with van der Waals surface area (Å²) in [5.74, 6) is -0.102. The van der Waals surface area contributed by atoms with Crippen LogP contribution in [0.15, 0.2) is 29.6 Å². The van der Waals surface area contributed by atoms with Crippen LogP contribution in [0.5, 0.6) is 0 Å².